The molecule has 1 aliphatic rings. The highest BCUT2D eigenvalue weighted by atomic mass is 35.5. The number of hydrogen-bond donors (Lipinski definition) is 1. The first-order chi connectivity index (χ1) is 8.20. The predicted octanol–water partition coefficient (Wildman–Crippen LogP) is -0.0367. The molecule has 1 fully saturated rings. The fourth-order valence-corrected chi connectivity index (χ4v) is 1.71. The van der Waals surface area contributed by atoms with Gasteiger partial charge in [0.25, 0.3) is 5.91 Å². The lowest BCUT2D eigenvalue weighted by Crippen LogP contribution is -2.47. The van der Waals surface area contributed by atoms with Crippen molar-refractivity contribution in [2.75, 3.05) is 26.3 Å². The van der Waals surface area contributed by atoms with Gasteiger partial charge in [0.05, 0.1) is 19.3 Å². The number of rotatable bonds is 2. The van der Waals surface area contributed by atoms with Gasteiger partial charge in [-0.2, -0.15) is 0 Å². The summed E-state index contributed by atoms with van der Waals surface area (Å²) >= 11 is 5.60. The highest BCUT2D eigenvalue weighted by molar-refractivity contribution is 6.29. The Balaban J connectivity index is 2.06. The molecule has 1 N–H and O–H groups in total. The van der Waals surface area contributed by atoms with Gasteiger partial charge in [0.2, 0.25) is 0 Å². The van der Waals surface area contributed by atoms with E-state index in [2.05, 4.69) is 10.2 Å². The summed E-state index contributed by atoms with van der Waals surface area (Å²) in [7, 11) is 0. The number of amides is 1. The van der Waals surface area contributed by atoms with Crippen LogP contribution in [0.4, 0.5) is 0 Å². The third kappa shape index (κ3) is 2.91. The van der Waals surface area contributed by atoms with E-state index in [-0.39, 0.29) is 29.5 Å². The van der Waals surface area contributed by atoms with Crippen molar-refractivity contribution in [2.45, 2.75) is 6.10 Å². The average Bonchev–Trinajstić information content (AvgIpc) is 2.39. The largest absolute Gasteiger partial charge is 0.394 e. The van der Waals surface area contributed by atoms with Crippen LogP contribution in [0.3, 0.4) is 0 Å². The van der Waals surface area contributed by atoms with E-state index in [0.717, 1.165) is 0 Å². The molecule has 0 aliphatic carbocycles. The molecule has 1 saturated heterocycles. The summed E-state index contributed by atoms with van der Waals surface area (Å²) in [5.41, 5.74) is 0.244. The first kappa shape index (κ1) is 12.2. The van der Waals surface area contributed by atoms with Crippen LogP contribution < -0.4 is 0 Å². The lowest BCUT2D eigenvalue weighted by molar-refractivity contribution is -0.0448. The number of carbonyl (C=O) groups is 1. The van der Waals surface area contributed by atoms with Gasteiger partial charge in [0.15, 0.2) is 10.8 Å². The van der Waals surface area contributed by atoms with Crippen molar-refractivity contribution >= 4 is 17.5 Å². The smallest absolute Gasteiger partial charge is 0.274 e. The standard InChI is InChI=1S/C10H12ClN3O3/c11-9-2-1-8(12-13-9)10(16)14-3-4-17-7(5-14)6-15/h1-2,7,15H,3-6H2. The van der Waals surface area contributed by atoms with Crippen LogP contribution in [0.1, 0.15) is 10.5 Å². The minimum absolute atomic E-state index is 0.101. The number of carbonyl (C=O) groups excluding carboxylic acids is 1. The van der Waals surface area contributed by atoms with Gasteiger partial charge in [-0.15, -0.1) is 10.2 Å². The van der Waals surface area contributed by atoms with E-state index in [1.165, 1.54) is 12.1 Å². The molecule has 0 radical (unpaired) electrons. The summed E-state index contributed by atoms with van der Waals surface area (Å²) < 4.78 is 5.26. The van der Waals surface area contributed by atoms with Crippen molar-refractivity contribution in [2.24, 2.45) is 0 Å². The molecule has 2 rings (SSSR count). The molecule has 17 heavy (non-hydrogen) atoms. The normalized spacial score (nSPS) is 20.4. The van der Waals surface area contributed by atoms with Gasteiger partial charge in [-0.1, -0.05) is 11.6 Å². The third-order valence-corrected chi connectivity index (χ3v) is 2.68. The third-order valence-electron chi connectivity index (χ3n) is 2.48. The predicted molar refractivity (Wildman–Crippen MR) is 59.8 cm³/mol. The van der Waals surface area contributed by atoms with Crippen molar-refractivity contribution in [1.82, 2.24) is 15.1 Å². The Kier molecular flexibility index (Phi) is 3.88. The molecule has 2 heterocycles. The molecule has 1 amide bonds. The van der Waals surface area contributed by atoms with E-state index >= 15 is 0 Å². The zero-order chi connectivity index (χ0) is 12.3. The second-order valence-electron chi connectivity index (χ2n) is 3.67. The summed E-state index contributed by atoms with van der Waals surface area (Å²) in [5, 5.41) is 16.6. The van der Waals surface area contributed by atoms with Gasteiger partial charge in [0, 0.05) is 13.1 Å². The second-order valence-corrected chi connectivity index (χ2v) is 4.06. The molecule has 92 valence electrons. The number of morpholine rings is 1. The molecule has 1 aliphatic heterocycles. The van der Waals surface area contributed by atoms with Crippen molar-refractivity contribution in [3.8, 4) is 0 Å². The molecular weight excluding hydrogens is 246 g/mol. The molecule has 0 bridgehead atoms. The second kappa shape index (κ2) is 5.39. The highest BCUT2D eigenvalue weighted by Crippen LogP contribution is 2.10. The number of aromatic nitrogens is 2. The Bertz CT molecular complexity index is 398. The lowest BCUT2D eigenvalue weighted by Gasteiger charge is -2.31. The highest BCUT2D eigenvalue weighted by Gasteiger charge is 2.25. The molecule has 1 atom stereocenters. The van der Waals surface area contributed by atoms with Gasteiger partial charge in [-0.05, 0) is 12.1 Å². The van der Waals surface area contributed by atoms with Crippen LogP contribution in [0.15, 0.2) is 12.1 Å². The number of aliphatic hydroxyl groups is 1. The quantitative estimate of drug-likeness (QED) is 0.805. The van der Waals surface area contributed by atoms with Crippen molar-refractivity contribution in [1.29, 1.82) is 0 Å². The maximum absolute atomic E-state index is 12.0. The van der Waals surface area contributed by atoms with E-state index < -0.39 is 0 Å². The summed E-state index contributed by atoms with van der Waals surface area (Å²) in [4.78, 5) is 13.6. The fourth-order valence-electron chi connectivity index (χ4n) is 1.61. The van der Waals surface area contributed by atoms with Gasteiger partial charge < -0.3 is 14.7 Å². The lowest BCUT2D eigenvalue weighted by atomic mass is 10.2. The minimum Gasteiger partial charge on any atom is -0.394 e. The zero-order valence-corrected chi connectivity index (χ0v) is 9.80. The Labute approximate surface area is 103 Å². The molecule has 6 nitrogen and oxygen atoms in total. The molecule has 1 aromatic rings. The van der Waals surface area contributed by atoms with Crippen LogP contribution in [-0.2, 0) is 4.74 Å². The Morgan fingerprint density at radius 3 is 3.06 bits per heavy atom. The average molecular weight is 258 g/mol. The van der Waals surface area contributed by atoms with Crippen LogP contribution in [0.25, 0.3) is 0 Å². The van der Waals surface area contributed by atoms with E-state index in [4.69, 9.17) is 21.4 Å². The monoisotopic (exact) mass is 257 g/mol. The molecule has 0 aromatic carbocycles. The summed E-state index contributed by atoms with van der Waals surface area (Å²) in [6, 6.07) is 3.05. The van der Waals surface area contributed by atoms with Crippen LogP contribution in [0.2, 0.25) is 5.15 Å². The van der Waals surface area contributed by atoms with Gasteiger partial charge in [-0.25, -0.2) is 0 Å². The molecule has 0 saturated carbocycles. The van der Waals surface area contributed by atoms with Crippen LogP contribution in [-0.4, -0.2) is 58.5 Å². The zero-order valence-electron chi connectivity index (χ0n) is 9.04. The number of halogens is 1. The molecule has 1 unspecified atom stereocenters. The van der Waals surface area contributed by atoms with Crippen LogP contribution in [0.5, 0.6) is 0 Å². The van der Waals surface area contributed by atoms with Gasteiger partial charge in [0.1, 0.15) is 0 Å². The number of aliphatic hydroxyl groups excluding tert-OH is 1. The van der Waals surface area contributed by atoms with Crippen molar-refractivity contribution in [3.05, 3.63) is 23.0 Å². The number of hydrogen-bond acceptors (Lipinski definition) is 5. The molecule has 1 aromatic heterocycles. The van der Waals surface area contributed by atoms with Crippen LogP contribution in [0, 0.1) is 0 Å². The summed E-state index contributed by atoms with van der Waals surface area (Å²) in [6.45, 7) is 1.16. The minimum atomic E-state index is -0.326. The number of ether oxygens (including phenoxy) is 1. The Morgan fingerprint density at radius 2 is 2.41 bits per heavy atom. The molecular formula is C10H12ClN3O3. The van der Waals surface area contributed by atoms with E-state index in [1.807, 2.05) is 0 Å². The Hall–Kier alpha value is -1.24. The van der Waals surface area contributed by atoms with E-state index in [9.17, 15) is 4.79 Å². The van der Waals surface area contributed by atoms with E-state index in [0.29, 0.717) is 19.7 Å². The van der Waals surface area contributed by atoms with E-state index in [1.54, 1.807) is 4.90 Å². The molecule has 7 heteroatoms. The SMILES string of the molecule is O=C(c1ccc(Cl)nn1)N1CCOC(CO)C1. The van der Waals surface area contributed by atoms with Gasteiger partial charge in [-0.3, -0.25) is 4.79 Å². The maximum Gasteiger partial charge on any atom is 0.274 e. The van der Waals surface area contributed by atoms with Crippen LogP contribution >= 0.6 is 11.6 Å². The number of nitrogens with zero attached hydrogens (tertiary/aromatic N) is 3. The fraction of sp³-hybridized carbons (Fsp3) is 0.500. The van der Waals surface area contributed by atoms with Crippen molar-refractivity contribution < 1.29 is 14.6 Å². The first-order valence-corrected chi connectivity index (χ1v) is 5.59. The van der Waals surface area contributed by atoms with Crippen molar-refractivity contribution in [3.63, 3.8) is 0 Å². The topological polar surface area (TPSA) is 75.6 Å². The van der Waals surface area contributed by atoms with Gasteiger partial charge >= 0.3 is 0 Å². The summed E-state index contributed by atoms with van der Waals surface area (Å²) in [5.74, 6) is -0.226. The molecule has 0 spiro atoms. The maximum atomic E-state index is 12.0. The Morgan fingerprint density at radius 1 is 1.59 bits per heavy atom. The first-order valence-electron chi connectivity index (χ1n) is 5.21. The summed E-state index contributed by atoms with van der Waals surface area (Å²) in [6.07, 6.45) is -0.326.